The number of benzene rings is 1. The van der Waals surface area contributed by atoms with Crippen molar-refractivity contribution in [1.29, 1.82) is 0 Å². The maximum Gasteiger partial charge on any atom is 0.0774 e. The molecule has 0 aliphatic carbocycles. The molecule has 1 aromatic carbocycles. The van der Waals surface area contributed by atoms with Crippen LogP contribution in [-0.4, -0.2) is 16.3 Å². The summed E-state index contributed by atoms with van der Waals surface area (Å²) in [4.78, 5) is 0. The maximum absolute atomic E-state index is 6.50. The van der Waals surface area contributed by atoms with Crippen LogP contribution in [0.15, 0.2) is 33.3 Å². The smallest absolute Gasteiger partial charge is 0.0774 e. The van der Waals surface area contributed by atoms with Gasteiger partial charge in [-0.1, -0.05) is 30.7 Å². The molecule has 0 radical (unpaired) electrons. The van der Waals surface area contributed by atoms with E-state index in [1.807, 2.05) is 23.0 Å². The van der Waals surface area contributed by atoms with Gasteiger partial charge in [-0.25, -0.2) is 0 Å². The van der Waals surface area contributed by atoms with Crippen molar-refractivity contribution >= 4 is 43.5 Å². The highest BCUT2D eigenvalue weighted by Crippen LogP contribution is 2.35. The molecular weight excluding hydrogens is 417 g/mol. The van der Waals surface area contributed by atoms with Crippen LogP contribution in [0.5, 0.6) is 0 Å². The fraction of sp³-hybridized carbons (Fsp3) is 0.400. The van der Waals surface area contributed by atoms with Crippen LogP contribution >= 0.6 is 43.5 Å². The highest BCUT2D eigenvalue weighted by molar-refractivity contribution is 9.10. The van der Waals surface area contributed by atoms with E-state index in [2.05, 4.69) is 62.2 Å². The van der Waals surface area contributed by atoms with Gasteiger partial charge in [-0.05, 0) is 63.4 Å². The summed E-state index contributed by atoms with van der Waals surface area (Å²) in [5.41, 5.74) is 2.15. The fourth-order valence-electron chi connectivity index (χ4n) is 2.30. The van der Waals surface area contributed by atoms with E-state index < -0.39 is 0 Å². The number of rotatable bonds is 6. The van der Waals surface area contributed by atoms with Gasteiger partial charge in [-0.3, -0.25) is 4.68 Å². The van der Waals surface area contributed by atoms with Crippen LogP contribution in [0.2, 0.25) is 5.02 Å². The molecule has 0 spiro atoms. The van der Waals surface area contributed by atoms with Crippen molar-refractivity contribution < 1.29 is 0 Å². The number of nitrogens with zero attached hydrogens (tertiary/aromatic N) is 2. The average molecular weight is 436 g/mol. The van der Waals surface area contributed by atoms with Crippen LogP contribution in [0, 0.1) is 0 Å². The third kappa shape index (κ3) is 3.70. The van der Waals surface area contributed by atoms with Gasteiger partial charge in [0.25, 0.3) is 0 Å². The summed E-state index contributed by atoms with van der Waals surface area (Å²) in [5, 5.41) is 8.73. The molecule has 1 aromatic heterocycles. The normalized spacial score (nSPS) is 12.6. The van der Waals surface area contributed by atoms with Crippen molar-refractivity contribution in [1.82, 2.24) is 15.1 Å². The molecule has 0 bridgehead atoms. The molecule has 2 aromatic rings. The van der Waals surface area contributed by atoms with E-state index in [0.717, 1.165) is 44.7 Å². The Labute approximate surface area is 147 Å². The summed E-state index contributed by atoms with van der Waals surface area (Å²) < 4.78 is 3.90. The van der Waals surface area contributed by atoms with E-state index in [0.29, 0.717) is 0 Å². The zero-order valence-corrected chi connectivity index (χ0v) is 16.0. The summed E-state index contributed by atoms with van der Waals surface area (Å²) in [7, 11) is 0. The summed E-state index contributed by atoms with van der Waals surface area (Å²) in [6.45, 7) is 5.97. The minimum atomic E-state index is 0.00627. The predicted molar refractivity (Wildman–Crippen MR) is 94.9 cm³/mol. The van der Waals surface area contributed by atoms with Gasteiger partial charge in [0.15, 0.2) is 0 Å². The zero-order chi connectivity index (χ0) is 15.4. The van der Waals surface area contributed by atoms with E-state index in [9.17, 15) is 0 Å². The molecule has 21 heavy (non-hydrogen) atoms. The quantitative estimate of drug-likeness (QED) is 0.678. The summed E-state index contributed by atoms with van der Waals surface area (Å²) in [5.74, 6) is 0. The number of hydrogen-bond acceptors (Lipinski definition) is 2. The first-order valence-electron chi connectivity index (χ1n) is 6.98. The van der Waals surface area contributed by atoms with Crippen LogP contribution in [0.3, 0.4) is 0 Å². The molecule has 0 amide bonds. The molecule has 2 rings (SSSR count). The second kappa shape index (κ2) is 7.77. The Balaban J connectivity index is 2.52. The highest BCUT2D eigenvalue weighted by atomic mass is 79.9. The molecule has 1 unspecified atom stereocenters. The van der Waals surface area contributed by atoms with E-state index in [1.54, 1.807) is 0 Å². The Morgan fingerprint density at radius 1 is 1.29 bits per heavy atom. The molecule has 0 saturated carbocycles. The Morgan fingerprint density at radius 3 is 2.71 bits per heavy atom. The maximum atomic E-state index is 6.50. The second-order valence-electron chi connectivity index (χ2n) is 4.72. The van der Waals surface area contributed by atoms with Gasteiger partial charge in [0, 0.05) is 11.0 Å². The Bertz CT molecular complexity index is 613. The molecule has 3 nitrogen and oxygen atoms in total. The number of nitrogens with one attached hydrogen (secondary N) is 1. The predicted octanol–water partition coefficient (Wildman–Crippen LogP) is 5.17. The third-order valence-corrected chi connectivity index (χ3v) is 5.22. The molecule has 1 heterocycles. The lowest BCUT2D eigenvalue weighted by atomic mass is 10.0. The average Bonchev–Trinajstić information content (AvgIpc) is 2.85. The van der Waals surface area contributed by atoms with Crippen molar-refractivity contribution in [2.45, 2.75) is 32.9 Å². The van der Waals surface area contributed by atoms with Crippen LogP contribution in [0.1, 0.15) is 37.6 Å². The Morgan fingerprint density at radius 2 is 2.05 bits per heavy atom. The van der Waals surface area contributed by atoms with Crippen molar-refractivity contribution in [2.75, 3.05) is 6.54 Å². The molecule has 114 valence electrons. The van der Waals surface area contributed by atoms with Crippen LogP contribution < -0.4 is 5.32 Å². The fourth-order valence-corrected chi connectivity index (χ4v) is 3.44. The molecule has 0 fully saturated rings. The van der Waals surface area contributed by atoms with Gasteiger partial charge in [0.05, 0.1) is 27.4 Å². The molecule has 6 heteroatoms. The Hall–Kier alpha value is -0.360. The molecule has 0 aliphatic heterocycles. The first-order valence-corrected chi connectivity index (χ1v) is 8.95. The van der Waals surface area contributed by atoms with Gasteiger partial charge in [-0.2, -0.15) is 5.10 Å². The van der Waals surface area contributed by atoms with Gasteiger partial charge in [0.1, 0.15) is 0 Å². The largest absolute Gasteiger partial charge is 0.305 e. The molecule has 0 saturated heterocycles. The number of hydrogen-bond donors (Lipinski definition) is 1. The van der Waals surface area contributed by atoms with Gasteiger partial charge in [-0.15, -0.1) is 0 Å². The van der Waals surface area contributed by atoms with Crippen molar-refractivity contribution in [3.63, 3.8) is 0 Å². The lowest BCUT2D eigenvalue weighted by Gasteiger charge is -2.22. The third-order valence-electron chi connectivity index (χ3n) is 3.30. The first kappa shape index (κ1) is 17.0. The second-order valence-corrected chi connectivity index (χ2v) is 6.81. The lowest BCUT2D eigenvalue weighted by Crippen LogP contribution is -2.26. The summed E-state index contributed by atoms with van der Waals surface area (Å²) >= 11 is 13.6. The van der Waals surface area contributed by atoms with Crippen molar-refractivity contribution in [2.24, 2.45) is 0 Å². The van der Waals surface area contributed by atoms with Crippen LogP contribution in [0.4, 0.5) is 0 Å². The molecule has 0 aliphatic rings. The van der Waals surface area contributed by atoms with Crippen LogP contribution in [-0.2, 0) is 6.54 Å². The molecular formula is C15H18Br2ClN3. The SMILES string of the molecule is CCCNC(c1cccc(Br)c1Cl)c1c(Br)cnn1CC. The number of halogens is 3. The zero-order valence-electron chi connectivity index (χ0n) is 12.0. The topological polar surface area (TPSA) is 29.9 Å². The minimum absolute atomic E-state index is 0.00627. The first-order chi connectivity index (χ1) is 10.1. The molecule has 1 N–H and O–H groups in total. The van der Waals surface area contributed by atoms with E-state index in [4.69, 9.17) is 11.6 Å². The van der Waals surface area contributed by atoms with Crippen molar-refractivity contribution in [3.05, 3.63) is 49.6 Å². The minimum Gasteiger partial charge on any atom is -0.305 e. The number of aromatic nitrogens is 2. The lowest BCUT2D eigenvalue weighted by molar-refractivity contribution is 0.528. The van der Waals surface area contributed by atoms with Gasteiger partial charge < -0.3 is 5.32 Å². The monoisotopic (exact) mass is 433 g/mol. The molecule has 1 atom stereocenters. The Kier molecular flexibility index (Phi) is 6.29. The summed E-state index contributed by atoms with van der Waals surface area (Å²) in [6.07, 6.45) is 2.89. The standard InChI is InChI=1S/C15H18Br2ClN3/c1-3-8-19-14(10-6-5-7-11(16)13(10)18)15-12(17)9-20-21(15)4-2/h5-7,9,14,19H,3-4,8H2,1-2H3. The van der Waals surface area contributed by atoms with E-state index >= 15 is 0 Å². The summed E-state index contributed by atoms with van der Waals surface area (Å²) in [6, 6.07) is 6.02. The van der Waals surface area contributed by atoms with Gasteiger partial charge in [0.2, 0.25) is 0 Å². The number of aryl methyl sites for hydroxylation is 1. The van der Waals surface area contributed by atoms with E-state index in [1.165, 1.54) is 0 Å². The van der Waals surface area contributed by atoms with Gasteiger partial charge >= 0.3 is 0 Å². The van der Waals surface area contributed by atoms with Crippen LogP contribution in [0.25, 0.3) is 0 Å². The van der Waals surface area contributed by atoms with E-state index in [-0.39, 0.29) is 6.04 Å². The van der Waals surface area contributed by atoms with Crippen molar-refractivity contribution in [3.8, 4) is 0 Å². The highest BCUT2D eigenvalue weighted by Gasteiger charge is 2.23.